The Kier molecular flexibility index (Phi) is 3.86. The molecule has 1 saturated heterocycles. The van der Waals surface area contributed by atoms with Gasteiger partial charge in [0.15, 0.2) is 0 Å². The Balaban J connectivity index is 1.88. The number of hydrogen-bond acceptors (Lipinski definition) is 4. The van der Waals surface area contributed by atoms with Gasteiger partial charge in [-0.15, -0.1) is 0 Å². The highest BCUT2D eigenvalue weighted by Crippen LogP contribution is 2.23. The quantitative estimate of drug-likeness (QED) is 0.744. The van der Waals surface area contributed by atoms with Gasteiger partial charge in [0, 0.05) is 30.8 Å². The molecule has 1 aliphatic rings. The van der Waals surface area contributed by atoms with Crippen molar-refractivity contribution in [1.82, 2.24) is 5.32 Å². The molecular weight excluding hydrogens is 218 g/mol. The van der Waals surface area contributed by atoms with Crippen molar-refractivity contribution in [2.45, 2.75) is 25.9 Å². The first-order valence-corrected chi connectivity index (χ1v) is 5.99. The first-order chi connectivity index (χ1) is 8.16. The van der Waals surface area contributed by atoms with Crippen LogP contribution in [0.15, 0.2) is 18.2 Å². The summed E-state index contributed by atoms with van der Waals surface area (Å²) in [5, 5.41) is 22.2. The molecule has 94 valence electrons. The van der Waals surface area contributed by atoms with Gasteiger partial charge in [0.1, 0.15) is 11.5 Å². The largest absolute Gasteiger partial charge is 0.508 e. The molecular formula is C13H19NO3. The Morgan fingerprint density at radius 3 is 2.94 bits per heavy atom. The molecule has 1 aromatic carbocycles. The van der Waals surface area contributed by atoms with Gasteiger partial charge in [-0.1, -0.05) is 6.07 Å². The Morgan fingerprint density at radius 2 is 2.29 bits per heavy atom. The molecule has 0 saturated carbocycles. The minimum Gasteiger partial charge on any atom is -0.508 e. The van der Waals surface area contributed by atoms with Crippen molar-refractivity contribution in [2.24, 2.45) is 5.92 Å². The first-order valence-electron chi connectivity index (χ1n) is 5.99. The molecule has 1 heterocycles. The predicted octanol–water partition coefficient (Wildman–Crippen LogP) is 1.61. The maximum absolute atomic E-state index is 9.64. The number of benzene rings is 1. The monoisotopic (exact) mass is 237 g/mol. The number of aromatic hydroxyl groups is 2. The molecule has 1 aromatic rings. The summed E-state index contributed by atoms with van der Waals surface area (Å²) in [6.45, 7) is 4.40. The lowest BCUT2D eigenvalue weighted by molar-refractivity contribution is 0.178. The third kappa shape index (κ3) is 3.11. The summed E-state index contributed by atoms with van der Waals surface area (Å²) in [6.07, 6.45) is 1.09. The highest BCUT2D eigenvalue weighted by atomic mass is 16.5. The van der Waals surface area contributed by atoms with Gasteiger partial charge in [-0.3, -0.25) is 0 Å². The average molecular weight is 237 g/mol. The van der Waals surface area contributed by atoms with E-state index in [1.165, 1.54) is 6.07 Å². The zero-order valence-corrected chi connectivity index (χ0v) is 10.0. The summed E-state index contributed by atoms with van der Waals surface area (Å²) < 4.78 is 5.35. The van der Waals surface area contributed by atoms with Crippen molar-refractivity contribution in [3.05, 3.63) is 23.8 Å². The summed E-state index contributed by atoms with van der Waals surface area (Å²) in [6, 6.07) is 5.04. The molecule has 1 fully saturated rings. The van der Waals surface area contributed by atoms with Crippen molar-refractivity contribution in [3.8, 4) is 11.5 Å². The zero-order chi connectivity index (χ0) is 12.3. The van der Waals surface area contributed by atoms with Crippen molar-refractivity contribution in [2.75, 3.05) is 13.2 Å². The van der Waals surface area contributed by atoms with E-state index in [0.717, 1.165) is 25.2 Å². The van der Waals surface area contributed by atoms with Gasteiger partial charge >= 0.3 is 0 Å². The molecule has 0 aliphatic carbocycles. The summed E-state index contributed by atoms with van der Waals surface area (Å²) in [5.41, 5.74) is 0.800. The molecule has 3 N–H and O–H groups in total. The second-order valence-corrected chi connectivity index (χ2v) is 4.61. The fourth-order valence-corrected chi connectivity index (χ4v) is 2.09. The van der Waals surface area contributed by atoms with E-state index in [9.17, 15) is 10.2 Å². The predicted molar refractivity (Wildman–Crippen MR) is 65.0 cm³/mol. The van der Waals surface area contributed by atoms with Crippen molar-refractivity contribution < 1.29 is 14.9 Å². The van der Waals surface area contributed by atoms with Gasteiger partial charge in [-0.25, -0.2) is 0 Å². The fraction of sp³-hybridized carbons (Fsp3) is 0.538. The molecule has 2 atom stereocenters. The van der Waals surface area contributed by atoms with E-state index >= 15 is 0 Å². The Morgan fingerprint density at radius 1 is 1.47 bits per heavy atom. The third-order valence-electron chi connectivity index (χ3n) is 3.36. The first kappa shape index (κ1) is 12.2. The molecule has 2 rings (SSSR count). The minimum atomic E-state index is 0.0866. The third-order valence-corrected chi connectivity index (χ3v) is 3.36. The summed E-state index contributed by atoms with van der Waals surface area (Å²) in [4.78, 5) is 0. The Bertz CT molecular complexity index is 375. The highest BCUT2D eigenvalue weighted by Gasteiger charge is 2.21. The van der Waals surface area contributed by atoms with Crippen LogP contribution >= 0.6 is 0 Å². The van der Waals surface area contributed by atoms with Gasteiger partial charge in [0.2, 0.25) is 0 Å². The maximum atomic E-state index is 9.64. The highest BCUT2D eigenvalue weighted by molar-refractivity contribution is 5.38. The van der Waals surface area contributed by atoms with Gasteiger partial charge < -0.3 is 20.3 Å². The van der Waals surface area contributed by atoms with E-state index in [1.807, 2.05) is 0 Å². The smallest absolute Gasteiger partial charge is 0.123 e. The van der Waals surface area contributed by atoms with E-state index in [1.54, 1.807) is 12.1 Å². The van der Waals surface area contributed by atoms with Crippen LogP contribution in [0.2, 0.25) is 0 Å². The molecule has 0 aromatic heterocycles. The molecule has 0 amide bonds. The van der Waals surface area contributed by atoms with Gasteiger partial charge in [0.25, 0.3) is 0 Å². The number of phenolic OH excluding ortho intramolecular Hbond substituents is 2. The van der Waals surface area contributed by atoms with Crippen LogP contribution in [0.3, 0.4) is 0 Å². The van der Waals surface area contributed by atoms with E-state index in [2.05, 4.69) is 12.2 Å². The number of hydrogen-bond donors (Lipinski definition) is 3. The minimum absolute atomic E-state index is 0.0866. The van der Waals surface area contributed by atoms with Crippen molar-refractivity contribution >= 4 is 0 Å². The van der Waals surface area contributed by atoms with E-state index in [4.69, 9.17) is 4.74 Å². The maximum Gasteiger partial charge on any atom is 0.123 e. The molecule has 4 heteroatoms. The van der Waals surface area contributed by atoms with Crippen LogP contribution in [-0.4, -0.2) is 29.5 Å². The lowest BCUT2D eigenvalue weighted by Crippen LogP contribution is -2.33. The Labute approximate surface area is 101 Å². The topological polar surface area (TPSA) is 61.7 Å². The van der Waals surface area contributed by atoms with E-state index in [-0.39, 0.29) is 11.5 Å². The number of ether oxygens (including phenoxy) is 1. The van der Waals surface area contributed by atoms with Crippen molar-refractivity contribution in [3.63, 3.8) is 0 Å². The lowest BCUT2D eigenvalue weighted by Gasteiger charge is -2.19. The van der Waals surface area contributed by atoms with Crippen LogP contribution in [0, 0.1) is 5.92 Å². The van der Waals surface area contributed by atoms with Crippen LogP contribution in [-0.2, 0) is 11.3 Å². The molecule has 0 bridgehead atoms. The number of rotatable bonds is 4. The van der Waals surface area contributed by atoms with E-state index < -0.39 is 0 Å². The van der Waals surface area contributed by atoms with Crippen molar-refractivity contribution in [1.29, 1.82) is 0 Å². The van der Waals surface area contributed by atoms with Crippen LogP contribution in [0.5, 0.6) is 11.5 Å². The summed E-state index contributed by atoms with van der Waals surface area (Å²) >= 11 is 0. The van der Waals surface area contributed by atoms with Gasteiger partial charge in [-0.2, -0.15) is 0 Å². The average Bonchev–Trinajstić information content (AvgIpc) is 2.81. The lowest BCUT2D eigenvalue weighted by atomic mass is 10.0. The van der Waals surface area contributed by atoms with E-state index in [0.29, 0.717) is 18.5 Å². The second kappa shape index (κ2) is 5.38. The Hall–Kier alpha value is -1.26. The second-order valence-electron chi connectivity index (χ2n) is 4.61. The summed E-state index contributed by atoms with van der Waals surface area (Å²) in [7, 11) is 0. The fourth-order valence-electron chi connectivity index (χ4n) is 2.09. The molecule has 2 unspecified atom stereocenters. The number of phenols is 2. The van der Waals surface area contributed by atoms with Crippen LogP contribution in [0.4, 0.5) is 0 Å². The van der Waals surface area contributed by atoms with Gasteiger partial charge in [0.05, 0.1) is 6.61 Å². The SMILES string of the molecule is CC(NCc1ccc(O)cc1O)C1CCOC1. The van der Waals surface area contributed by atoms with Crippen LogP contribution < -0.4 is 5.32 Å². The molecule has 4 nitrogen and oxygen atoms in total. The normalized spacial score (nSPS) is 21.6. The number of nitrogens with one attached hydrogen (secondary N) is 1. The zero-order valence-electron chi connectivity index (χ0n) is 10.0. The molecule has 1 aliphatic heterocycles. The molecule has 0 radical (unpaired) electrons. The molecule has 0 spiro atoms. The van der Waals surface area contributed by atoms with Crippen LogP contribution in [0.25, 0.3) is 0 Å². The van der Waals surface area contributed by atoms with Gasteiger partial charge in [-0.05, 0) is 25.3 Å². The van der Waals surface area contributed by atoms with Crippen LogP contribution in [0.1, 0.15) is 18.9 Å². The standard InChI is InChI=1S/C13H19NO3/c1-9(11-4-5-17-8-11)14-7-10-2-3-12(15)6-13(10)16/h2-3,6,9,11,14-16H,4-5,7-8H2,1H3. The summed E-state index contributed by atoms with van der Waals surface area (Å²) in [5.74, 6) is 0.769. The molecule has 17 heavy (non-hydrogen) atoms.